The quantitative estimate of drug-likeness (QED) is 0.659. The second kappa shape index (κ2) is 9.07. The molecular formula is C19H24ClN2O2P. The third-order valence-electron chi connectivity index (χ3n) is 3.57. The lowest BCUT2D eigenvalue weighted by Gasteiger charge is -2.19. The summed E-state index contributed by atoms with van der Waals surface area (Å²) in [4.78, 5) is 12.0. The topological polar surface area (TPSA) is 50.4 Å². The molecule has 0 saturated heterocycles. The Morgan fingerprint density at radius 2 is 1.80 bits per heavy atom. The van der Waals surface area contributed by atoms with Crippen molar-refractivity contribution in [3.63, 3.8) is 0 Å². The summed E-state index contributed by atoms with van der Waals surface area (Å²) in [6, 6.07) is 12.9. The summed E-state index contributed by atoms with van der Waals surface area (Å²) >= 11 is 5.91. The van der Waals surface area contributed by atoms with Gasteiger partial charge in [-0.2, -0.15) is 0 Å². The number of halogens is 1. The van der Waals surface area contributed by atoms with Gasteiger partial charge in [0.05, 0.1) is 5.69 Å². The zero-order valence-corrected chi connectivity index (χ0v) is 16.6. The summed E-state index contributed by atoms with van der Waals surface area (Å²) in [6.07, 6.45) is 1.03. The molecule has 0 aliphatic carbocycles. The Balaban J connectivity index is 2.23. The molecule has 0 radical (unpaired) electrons. The number of carbonyl (C=O) groups excluding carboxylic acids is 1. The number of rotatable bonds is 6. The summed E-state index contributed by atoms with van der Waals surface area (Å²) in [6.45, 7) is 8.21. The molecule has 134 valence electrons. The molecule has 6 heteroatoms. The molecule has 0 aliphatic heterocycles. The van der Waals surface area contributed by atoms with Crippen LogP contribution in [0.3, 0.4) is 0 Å². The van der Waals surface area contributed by atoms with Crippen LogP contribution in [0.1, 0.15) is 20.8 Å². The first kappa shape index (κ1) is 19.6. The Hall–Kier alpha value is -1.77. The van der Waals surface area contributed by atoms with Crippen LogP contribution in [0.2, 0.25) is 5.02 Å². The van der Waals surface area contributed by atoms with Crippen molar-refractivity contribution in [3.05, 3.63) is 47.5 Å². The summed E-state index contributed by atoms with van der Waals surface area (Å²) in [5.74, 6) is 1.47. The third-order valence-corrected chi connectivity index (χ3v) is 5.97. The van der Waals surface area contributed by atoms with E-state index in [2.05, 4.69) is 24.2 Å². The van der Waals surface area contributed by atoms with Gasteiger partial charge in [0.1, 0.15) is 11.5 Å². The van der Waals surface area contributed by atoms with Crippen LogP contribution in [0.5, 0.6) is 11.5 Å². The van der Waals surface area contributed by atoms with Crippen LogP contribution in [0.4, 0.5) is 10.5 Å². The zero-order chi connectivity index (χ0) is 18.4. The fourth-order valence-corrected chi connectivity index (χ4v) is 3.58. The Labute approximate surface area is 155 Å². The van der Waals surface area contributed by atoms with Crippen molar-refractivity contribution in [2.75, 3.05) is 18.1 Å². The number of amides is 2. The Morgan fingerprint density at radius 3 is 2.40 bits per heavy atom. The van der Waals surface area contributed by atoms with Crippen molar-refractivity contribution in [1.82, 2.24) is 5.32 Å². The normalized spacial score (nSPS) is 11.9. The minimum Gasteiger partial charge on any atom is -0.457 e. The highest BCUT2D eigenvalue weighted by molar-refractivity contribution is 7.65. The monoisotopic (exact) mass is 378 g/mol. The summed E-state index contributed by atoms with van der Waals surface area (Å²) in [5.41, 5.74) is 0.831. The molecule has 0 heterocycles. The molecule has 1 unspecified atom stereocenters. The number of benzene rings is 2. The van der Waals surface area contributed by atoms with E-state index >= 15 is 0 Å². The Kier molecular flexibility index (Phi) is 7.10. The highest BCUT2D eigenvalue weighted by atomic mass is 35.5. The highest BCUT2D eigenvalue weighted by Crippen LogP contribution is 2.35. The average Bonchev–Trinajstić information content (AvgIpc) is 2.56. The molecular weight excluding hydrogens is 355 g/mol. The van der Waals surface area contributed by atoms with Crippen LogP contribution < -0.4 is 20.7 Å². The van der Waals surface area contributed by atoms with Crippen molar-refractivity contribution < 1.29 is 9.53 Å². The van der Waals surface area contributed by atoms with Gasteiger partial charge in [-0.3, -0.25) is 0 Å². The molecule has 1 atom stereocenters. The molecule has 0 aliphatic rings. The first-order valence-corrected chi connectivity index (χ1v) is 10.6. The van der Waals surface area contributed by atoms with Gasteiger partial charge in [0.15, 0.2) is 0 Å². The second-order valence-electron chi connectivity index (χ2n) is 6.00. The Morgan fingerprint density at radius 1 is 1.16 bits per heavy atom. The number of urea groups is 1. The van der Waals surface area contributed by atoms with Gasteiger partial charge in [0.2, 0.25) is 0 Å². The van der Waals surface area contributed by atoms with E-state index in [9.17, 15) is 4.79 Å². The number of anilines is 1. The first-order chi connectivity index (χ1) is 11.9. The fourth-order valence-electron chi connectivity index (χ4n) is 2.23. The maximum Gasteiger partial charge on any atom is 0.319 e. The van der Waals surface area contributed by atoms with Gasteiger partial charge in [-0.15, -0.1) is 0 Å². The van der Waals surface area contributed by atoms with Gasteiger partial charge in [-0.1, -0.05) is 26.4 Å². The lowest BCUT2D eigenvalue weighted by molar-refractivity contribution is 0.250. The minimum absolute atomic E-state index is 0.0882. The summed E-state index contributed by atoms with van der Waals surface area (Å²) in [5, 5.41) is 7.58. The largest absolute Gasteiger partial charge is 0.457 e. The van der Waals surface area contributed by atoms with Crippen molar-refractivity contribution >= 4 is 36.5 Å². The molecule has 0 aromatic heterocycles. The Bertz CT molecular complexity index is 720. The molecule has 0 fully saturated rings. The number of carbonyl (C=O) groups is 1. The van der Waals surface area contributed by atoms with E-state index in [-0.39, 0.29) is 20.0 Å². The zero-order valence-electron chi connectivity index (χ0n) is 15.0. The van der Waals surface area contributed by atoms with Gasteiger partial charge in [0.25, 0.3) is 0 Å². The highest BCUT2D eigenvalue weighted by Gasteiger charge is 2.13. The van der Waals surface area contributed by atoms with Gasteiger partial charge in [0, 0.05) is 16.4 Å². The van der Waals surface area contributed by atoms with E-state index in [1.54, 1.807) is 12.1 Å². The van der Waals surface area contributed by atoms with Crippen LogP contribution >= 0.6 is 19.5 Å². The van der Waals surface area contributed by atoms with Gasteiger partial charge in [-0.25, -0.2) is 4.79 Å². The maximum absolute atomic E-state index is 12.0. The predicted octanol–water partition coefficient (Wildman–Crippen LogP) is 5.42. The lowest BCUT2D eigenvalue weighted by Crippen LogP contribution is -2.35. The third kappa shape index (κ3) is 5.91. The van der Waals surface area contributed by atoms with E-state index in [1.807, 2.05) is 44.2 Å². The fraction of sp³-hybridized carbons (Fsp3) is 0.316. The summed E-state index contributed by atoms with van der Waals surface area (Å²) in [7, 11) is -0.385. The van der Waals surface area contributed by atoms with Crippen LogP contribution in [0, 0.1) is 0 Å². The second-order valence-corrected chi connectivity index (χ2v) is 8.95. The molecule has 4 nitrogen and oxygen atoms in total. The predicted molar refractivity (Wildman–Crippen MR) is 108 cm³/mol. The molecule has 2 aromatic carbocycles. The summed E-state index contributed by atoms with van der Waals surface area (Å²) < 4.78 is 5.92. The average molecular weight is 379 g/mol. The van der Waals surface area contributed by atoms with Gasteiger partial charge < -0.3 is 15.4 Å². The van der Waals surface area contributed by atoms with Crippen molar-refractivity contribution in [2.24, 2.45) is 0 Å². The smallest absolute Gasteiger partial charge is 0.319 e. The lowest BCUT2D eigenvalue weighted by atomic mass is 10.3. The van der Waals surface area contributed by atoms with Gasteiger partial charge in [-0.05, 0) is 69.1 Å². The van der Waals surface area contributed by atoms with Gasteiger partial charge >= 0.3 is 6.03 Å². The van der Waals surface area contributed by atoms with E-state index in [0.29, 0.717) is 5.02 Å². The van der Waals surface area contributed by atoms with Crippen LogP contribution in [0.15, 0.2) is 42.5 Å². The van der Waals surface area contributed by atoms with Crippen molar-refractivity contribution in [3.8, 4) is 11.5 Å². The maximum atomic E-state index is 12.0. The molecule has 0 spiro atoms. The molecule has 2 N–H and O–H groups in total. The molecule has 2 amide bonds. The van der Waals surface area contributed by atoms with E-state index < -0.39 is 0 Å². The first-order valence-electron chi connectivity index (χ1n) is 8.25. The van der Waals surface area contributed by atoms with E-state index in [0.717, 1.165) is 28.7 Å². The number of hydrogen-bond acceptors (Lipinski definition) is 2. The standard InChI is InChI=1S/C19H24ClN2O2P/c1-5-25(4)18-12-16(24-15-8-6-14(20)7-9-15)10-11-17(18)22-19(23)21-13(2)3/h6-13H,5H2,1-4H3,(H2,21,22,23). The number of nitrogens with one attached hydrogen (secondary N) is 2. The molecule has 0 saturated carbocycles. The number of ether oxygens (including phenoxy) is 1. The SMILES string of the molecule is CCP(C)c1cc(Oc2ccc(Cl)cc2)ccc1NC(=O)NC(C)C. The van der Waals surface area contributed by atoms with Crippen LogP contribution in [-0.2, 0) is 0 Å². The van der Waals surface area contributed by atoms with Crippen molar-refractivity contribution in [2.45, 2.75) is 26.8 Å². The van der Waals surface area contributed by atoms with Crippen molar-refractivity contribution in [1.29, 1.82) is 0 Å². The minimum atomic E-state index is -0.385. The molecule has 25 heavy (non-hydrogen) atoms. The van der Waals surface area contributed by atoms with Crippen LogP contribution in [0.25, 0.3) is 0 Å². The van der Waals surface area contributed by atoms with E-state index in [1.165, 1.54) is 0 Å². The molecule has 0 bridgehead atoms. The van der Waals surface area contributed by atoms with Crippen LogP contribution in [-0.4, -0.2) is 24.9 Å². The molecule has 2 aromatic rings. The molecule has 2 rings (SSSR count). The van der Waals surface area contributed by atoms with E-state index in [4.69, 9.17) is 16.3 Å². The number of hydrogen-bond donors (Lipinski definition) is 2.